The lowest BCUT2D eigenvalue weighted by Crippen LogP contribution is -1.74. The van der Waals surface area contributed by atoms with Gasteiger partial charge in [0.1, 0.15) is 0 Å². The van der Waals surface area contributed by atoms with Crippen LogP contribution in [0.1, 0.15) is 16.5 Å². The molecule has 1 rings (SSSR count). The number of ether oxygens (including phenoxy) is 1. The van der Waals surface area contributed by atoms with E-state index in [4.69, 9.17) is 7.48 Å². The van der Waals surface area contributed by atoms with E-state index in [0.29, 0.717) is 13.8 Å². The summed E-state index contributed by atoms with van der Waals surface area (Å²) in [5, 5.41) is 0. The van der Waals surface area contributed by atoms with Gasteiger partial charge in [-0.2, -0.15) is 0 Å². The zero-order valence-electron chi connectivity index (χ0n) is 4.98. The second-order valence-electron chi connectivity index (χ2n) is 1.21. The van der Waals surface area contributed by atoms with Crippen molar-refractivity contribution in [2.75, 3.05) is 0 Å². The molecular weight excluding hydrogens is 64.0 g/mol. The van der Waals surface area contributed by atoms with Crippen molar-refractivity contribution in [2.24, 2.45) is 0 Å². The summed E-state index contributed by atoms with van der Waals surface area (Å²) in [6.07, 6.45) is 0.190. The Morgan fingerprint density at radius 3 is 2.40 bits per heavy atom. The predicted octanol–water partition coefficient (Wildman–Crippen LogP) is 0.794. The van der Waals surface area contributed by atoms with Crippen LogP contribution in [0.3, 0.4) is 0 Å². The quantitative estimate of drug-likeness (QED) is 0.387. The Balaban J connectivity index is 2.06. The Kier molecular flexibility index (Phi) is 0.230. The van der Waals surface area contributed by atoms with Crippen LogP contribution in [-0.4, -0.2) is 12.2 Å². The zero-order valence-corrected chi connectivity index (χ0v) is 2.98. The lowest BCUT2D eigenvalue weighted by atomic mass is 10.4. The molecule has 0 spiro atoms. The molecule has 0 saturated carbocycles. The largest absolute Gasteiger partial charge is 0.370 e. The second kappa shape index (κ2) is 0.716. The molecule has 0 bridgehead atoms. The van der Waals surface area contributed by atoms with E-state index < -0.39 is 0 Å². The van der Waals surface area contributed by atoms with Crippen LogP contribution in [0.2, 0.25) is 0 Å². The maximum Gasteiger partial charge on any atom is 0.0811 e. The minimum absolute atomic E-state index is 0.0949. The highest BCUT2D eigenvalue weighted by molar-refractivity contribution is 4.73. The van der Waals surface area contributed by atoms with Crippen molar-refractivity contribution >= 4 is 0 Å². The lowest BCUT2D eigenvalue weighted by Gasteiger charge is -1.57. The molecule has 0 aromatic heterocycles. The van der Waals surface area contributed by atoms with Crippen LogP contribution in [0.5, 0.6) is 0 Å². The van der Waals surface area contributed by atoms with Gasteiger partial charge >= 0.3 is 0 Å². The first-order valence-electron chi connectivity index (χ1n) is 3.04. The van der Waals surface area contributed by atoms with Crippen LogP contribution in [0, 0.1) is 0 Å². The fourth-order valence-corrected chi connectivity index (χ4v) is 0.179. The van der Waals surface area contributed by atoms with Crippen LogP contribution >= 0.6 is 0 Å². The van der Waals surface area contributed by atoms with Crippen molar-refractivity contribution in [3.05, 3.63) is 0 Å². The van der Waals surface area contributed by atoms with Crippen molar-refractivity contribution in [2.45, 2.75) is 26.0 Å². The lowest BCUT2D eigenvalue weighted by molar-refractivity contribution is 0.389. The van der Waals surface area contributed by atoms with Crippen LogP contribution in [0.4, 0.5) is 0 Å². The van der Waals surface area contributed by atoms with Gasteiger partial charge in [-0.05, 0) is 13.8 Å². The third-order valence-electron chi connectivity index (χ3n) is 0.688. The van der Waals surface area contributed by atoms with E-state index in [1.54, 1.807) is 0 Å². The molecular formula is C4H8O. The topological polar surface area (TPSA) is 12.5 Å². The molecule has 2 atom stereocenters. The SMILES string of the molecule is [2H]CC1OC1C[2H]. The van der Waals surface area contributed by atoms with E-state index in [-0.39, 0.29) is 12.2 Å². The minimum Gasteiger partial charge on any atom is -0.370 e. The Morgan fingerprint density at radius 1 is 1.60 bits per heavy atom. The molecule has 0 radical (unpaired) electrons. The minimum atomic E-state index is 0.0949. The Hall–Kier alpha value is -0.0400. The van der Waals surface area contributed by atoms with E-state index in [9.17, 15) is 0 Å². The van der Waals surface area contributed by atoms with Crippen molar-refractivity contribution in [1.29, 1.82) is 0 Å². The molecule has 5 heavy (non-hydrogen) atoms. The average molecular weight is 74.1 g/mol. The molecule has 0 N–H and O–H groups in total. The molecule has 30 valence electrons. The maximum absolute atomic E-state index is 6.75. The standard InChI is InChI=1S/C4H8O/c1-3-4(2)5-3/h3-4H,1-2H3/i1D,2D. The first kappa shape index (κ1) is 1.61. The number of hydrogen-bond acceptors (Lipinski definition) is 1. The summed E-state index contributed by atoms with van der Waals surface area (Å²) >= 11 is 0. The molecule has 0 aromatic carbocycles. The Morgan fingerprint density at radius 2 is 2.20 bits per heavy atom. The molecule has 0 amide bonds. The molecule has 1 fully saturated rings. The second-order valence-corrected chi connectivity index (χ2v) is 1.21. The number of hydrogen-bond donors (Lipinski definition) is 0. The third-order valence-corrected chi connectivity index (χ3v) is 0.688. The molecule has 1 heterocycles. The molecule has 1 aliphatic heterocycles. The van der Waals surface area contributed by atoms with Crippen LogP contribution in [0.25, 0.3) is 0 Å². The smallest absolute Gasteiger partial charge is 0.0811 e. The van der Waals surface area contributed by atoms with E-state index >= 15 is 0 Å². The predicted molar refractivity (Wildman–Crippen MR) is 20.0 cm³/mol. The Labute approximate surface area is 34.8 Å². The zero-order chi connectivity index (χ0) is 5.28. The maximum atomic E-state index is 6.75. The van der Waals surface area contributed by atoms with E-state index in [1.807, 2.05) is 0 Å². The van der Waals surface area contributed by atoms with Gasteiger partial charge in [0, 0.05) is 2.74 Å². The highest BCUT2D eigenvalue weighted by atomic mass is 16.6. The van der Waals surface area contributed by atoms with Crippen molar-refractivity contribution in [3.8, 4) is 0 Å². The van der Waals surface area contributed by atoms with Gasteiger partial charge in [-0.25, -0.2) is 0 Å². The van der Waals surface area contributed by atoms with Crippen LogP contribution in [-0.2, 0) is 4.74 Å². The fourth-order valence-electron chi connectivity index (χ4n) is 0.179. The van der Waals surface area contributed by atoms with Crippen molar-refractivity contribution in [1.82, 2.24) is 0 Å². The Bertz CT molecular complexity index is 58.7. The first-order chi connectivity index (χ1) is 3.38. The van der Waals surface area contributed by atoms with E-state index in [1.165, 1.54) is 0 Å². The number of rotatable bonds is 0. The normalized spacial score (nSPS) is 54.4. The molecule has 0 aromatic rings. The highest BCUT2D eigenvalue weighted by Crippen LogP contribution is 2.18. The molecule has 1 heteroatoms. The van der Waals surface area contributed by atoms with Crippen LogP contribution < -0.4 is 0 Å². The van der Waals surface area contributed by atoms with E-state index in [0.717, 1.165) is 0 Å². The first-order valence-corrected chi connectivity index (χ1v) is 1.62. The van der Waals surface area contributed by atoms with Crippen molar-refractivity contribution in [3.63, 3.8) is 0 Å². The summed E-state index contributed by atoms with van der Waals surface area (Å²) in [7, 11) is 0. The molecule has 2 unspecified atom stereocenters. The fraction of sp³-hybridized carbons (Fsp3) is 1.00. The molecule has 1 nitrogen and oxygen atoms in total. The third kappa shape index (κ3) is 0.428. The van der Waals surface area contributed by atoms with Gasteiger partial charge in [0.25, 0.3) is 0 Å². The van der Waals surface area contributed by atoms with E-state index in [2.05, 4.69) is 0 Å². The van der Waals surface area contributed by atoms with Gasteiger partial charge in [-0.3, -0.25) is 0 Å². The summed E-state index contributed by atoms with van der Waals surface area (Å²) in [5.74, 6) is 0. The summed E-state index contributed by atoms with van der Waals surface area (Å²) < 4.78 is 18.3. The highest BCUT2D eigenvalue weighted by Gasteiger charge is 2.27. The monoisotopic (exact) mass is 74.1 g/mol. The van der Waals surface area contributed by atoms with Gasteiger partial charge in [-0.1, -0.05) is 0 Å². The van der Waals surface area contributed by atoms with Crippen molar-refractivity contribution < 1.29 is 7.48 Å². The summed E-state index contributed by atoms with van der Waals surface area (Å²) in [6.45, 7) is 0.646. The van der Waals surface area contributed by atoms with Gasteiger partial charge in [0.15, 0.2) is 0 Å². The van der Waals surface area contributed by atoms with Gasteiger partial charge < -0.3 is 4.74 Å². The van der Waals surface area contributed by atoms with Gasteiger partial charge in [-0.15, -0.1) is 0 Å². The molecule has 1 aliphatic rings. The van der Waals surface area contributed by atoms with Gasteiger partial charge in [0.2, 0.25) is 0 Å². The summed E-state index contributed by atoms with van der Waals surface area (Å²) in [6, 6.07) is 0. The molecule has 0 aliphatic carbocycles. The average Bonchev–Trinajstić information content (AvgIpc) is 2.43. The van der Waals surface area contributed by atoms with Crippen LogP contribution in [0.15, 0.2) is 0 Å². The summed E-state index contributed by atoms with van der Waals surface area (Å²) in [5.41, 5.74) is 0. The van der Waals surface area contributed by atoms with Gasteiger partial charge in [0.05, 0.1) is 12.2 Å². The molecule has 1 saturated heterocycles. The number of epoxide rings is 1. The summed E-state index contributed by atoms with van der Waals surface area (Å²) in [4.78, 5) is 0.